The molecule has 0 bridgehead atoms. The Balaban J connectivity index is 1.75. The number of aliphatic hydroxyl groups excluding tert-OH is 1. The van der Waals surface area contributed by atoms with Crippen LogP contribution in [0.3, 0.4) is 0 Å². The molecule has 3 N–H and O–H groups in total. The summed E-state index contributed by atoms with van der Waals surface area (Å²) in [4.78, 5) is 7.40. The molecule has 2 fully saturated rings. The number of hydrogen-bond acceptors (Lipinski definition) is 4. The smallest absolute Gasteiger partial charge is 0.191 e. The second-order valence-corrected chi connectivity index (χ2v) is 7.84. The molecular weight excluding hydrogens is 328 g/mol. The van der Waals surface area contributed by atoms with Gasteiger partial charge in [-0.25, -0.2) is 0 Å². The van der Waals surface area contributed by atoms with Gasteiger partial charge >= 0.3 is 0 Å². The summed E-state index contributed by atoms with van der Waals surface area (Å²) in [5.41, 5.74) is 0. The number of nitrogens with one attached hydrogen (secondary N) is 2. The number of hydrogen-bond donors (Lipinski definition) is 3. The Morgan fingerprint density at radius 3 is 2.65 bits per heavy atom. The Kier molecular flexibility index (Phi) is 10.3. The first-order valence-corrected chi connectivity index (χ1v) is 10.7. The fourth-order valence-corrected chi connectivity index (χ4v) is 4.00. The van der Waals surface area contributed by atoms with Crippen LogP contribution in [-0.2, 0) is 4.74 Å². The summed E-state index contributed by atoms with van der Waals surface area (Å²) in [6.45, 7) is 11.7. The van der Waals surface area contributed by atoms with Crippen LogP contribution < -0.4 is 10.6 Å². The van der Waals surface area contributed by atoms with Gasteiger partial charge in [0.25, 0.3) is 0 Å². The summed E-state index contributed by atoms with van der Waals surface area (Å²) in [7, 11) is 0. The average Bonchev–Trinajstić information content (AvgIpc) is 3.15. The molecule has 152 valence electrons. The van der Waals surface area contributed by atoms with Crippen LogP contribution in [0.4, 0.5) is 0 Å². The molecular formula is C20H40N4O2. The maximum Gasteiger partial charge on any atom is 0.191 e. The van der Waals surface area contributed by atoms with E-state index in [4.69, 9.17) is 9.73 Å². The number of aliphatic imine (C=N–C) groups is 1. The summed E-state index contributed by atoms with van der Waals surface area (Å²) in [6.07, 6.45) is 6.70. The minimum absolute atomic E-state index is 0.259. The predicted molar refractivity (Wildman–Crippen MR) is 108 cm³/mol. The van der Waals surface area contributed by atoms with Gasteiger partial charge in [-0.1, -0.05) is 13.3 Å². The molecule has 2 rings (SSSR count). The highest BCUT2D eigenvalue weighted by molar-refractivity contribution is 5.80. The van der Waals surface area contributed by atoms with Gasteiger partial charge in [0, 0.05) is 52.0 Å². The van der Waals surface area contributed by atoms with Gasteiger partial charge in [0.2, 0.25) is 0 Å². The maximum absolute atomic E-state index is 9.23. The van der Waals surface area contributed by atoms with Gasteiger partial charge in [0.15, 0.2) is 5.96 Å². The van der Waals surface area contributed by atoms with Crippen molar-refractivity contribution in [3.05, 3.63) is 0 Å². The number of nitrogens with zero attached hydrogens (tertiary/aromatic N) is 2. The second-order valence-electron chi connectivity index (χ2n) is 7.84. The highest BCUT2D eigenvalue weighted by atomic mass is 16.5. The average molecular weight is 369 g/mol. The molecule has 6 nitrogen and oxygen atoms in total. The molecule has 2 heterocycles. The summed E-state index contributed by atoms with van der Waals surface area (Å²) in [6, 6.07) is 0.506. The van der Waals surface area contributed by atoms with Crippen molar-refractivity contribution in [3.63, 3.8) is 0 Å². The van der Waals surface area contributed by atoms with E-state index < -0.39 is 0 Å². The molecule has 0 aromatic rings. The van der Waals surface area contributed by atoms with Crippen molar-refractivity contribution < 1.29 is 9.84 Å². The van der Waals surface area contributed by atoms with Crippen LogP contribution in [0.15, 0.2) is 4.99 Å². The third-order valence-electron chi connectivity index (χ3n) is 5.55. The Morgan fingerprint density at radius 2 is 2.04 bits per heavy atom. The van der Waals surface area contributed by atoms with E-state index in [0.29, 0.717) is 12.0 Å². The lowest BCUT2D eigenvalue weighted by Gasteiger charge is -2.34. The molecule has 6 heteroatoms. The number of aliphatic hydroxyl groups is 1. The fourth-order valence-electron chi connectivity index (χ4n) is 4.00. The SMILES string of the molecule is CCCC(CCO)CN=C(NCC)NC1CCN(CC2CCOC2)CC1. The number of guanidine groups is 1. The first kappa shape index (κ1) is 21.5. The van der Waals surface area contributed by atoms with Crippen LogP contribution in [0.5, 0.6) is 0 Å². The molecule has 0 aliphatic carbocycles. The van der Waals surface area contributed by atoms with E-state index in [1.165, 1.54) is 25.8 Å². The van der Waals surface area contributed by atoms with Gasteiger partial charge in [-0.2, -0.15) is 0 Å². The summed E-state index contributed by atoms with van der Waals surface area (Å²) < 4.78 is 5.50. The molecule has 0 aromatic heterocycles. The van der Waals surface area contributed by atoms with Crippen molar-refractivity contribution >= 4 is 5.96 Å². The van der Waals surface area contributed by atoms with Crippen molar-refractivity contribution in [2.75, 3.05) is 52.5 Å². The van der Waals surface area contributed by atoms with E-state index in [1.807, 2.05) is 0 Å². The van der Waals surface area contributed by atoms with Crippen LogP contribution in [0.1, 0.15) is 52.4 Å². The molecule has 0 amide bonds. The second kappa shape index (κ2) is 12.5. The topological polar surface area (TPSA) is 69.1 Å². The van der Waals surface area contributed by atoms with Crippen molar-refractivity contribution in [2.45, 2.75) is 58.4 Å². The van der Waals surface area contributed by atoms with Gasteiger partial charge < -0.3 is 25.4 Å². The van der Waals surface area contributed by atoms with E-state index in [-0.39, 0.29) is 6.61 Å². The zero-order valence-corrected chi connectivity index (χ0v) is 16.9. The third-order valence-corrected chi connectivity index (χ3v) is 5.55. The number of likely N-dealkylation sites (tertiary alicyclic amines) is 1. The third kappa shape index (κ3) is 7.80. The van der Waals surface area contributed by atoms with E-state index >= 15 is 0 Å². The van der Waals surface area contributed by atoms with Crippen molar-refractivity contribution in [3.8, 4) is 0 Å². The Bertz CT molecular complexity index is 385. The zero-order chi connectivity index (χ0) is 18.6. The van der Waals surface area contributed by atoms with Crippen LogP contribution >= 0.6 is 0 Å². The molecule has 2 atom stereocenters. The van der Waals surface area contributed by atoms with Crippen LogP contribution in [0.2, 0.25) is 0 Å². The van der Waals surface area contributed by atoms with Gasteiger partial charge in [0.1, 0.15) is 0 Å². The largest absolute Gasteiger partial charge is 0.396 e. The van der Waals surface area contributed by atoms with Crippen molar-refractivity contribution in [1.82, 2.24) is 15.5 Å². The van der Waals surface area contributed by atoms with E-state index in [2.05, 4.69) is 29.4 Å². The molecule has 26 heavy (non-hydrogen) atoms. The molecule has 2 aliphatic heterocycles. The Labute approximate surface area is 159 Å². The number of piperidine rings is 1. The van der Waals surface area contributed by atoms with Crippen LogP contribution in [0.25, 0.3) is 0 Å². The lowest BCUT2D eigenvalue weighted by molar-refractivity contribution is 0.150. The monoisotopic (exact) mass is 368 g/mol. The quantitative estimate of drug-likeness (QED) is 0.405. The van der Waals surface area contributed by atoms with Gasteiger partial charge in [-0.15, -0.1) is 0 Å². The summed E-state index contributed by atoms with van der Waals surface area (Å²) in [5, 5.41) is 16.2. The predicted octanol–water partition coefficient (Wildman–Crippen LogP) is 1.84. The zero-order valence-electron chi connectivity index (χ0n) is 16.9. The van der Waals surface area contributed by atoms with E-state index in [1.54, 1.807) is 0 Å². The fraction of sp³-hybridized carbons (Fsp3) is 0.950. The molecule has 0 saturated carbocycles. The molecule has 0 radical (unpaired) electrons. The van der Waals surface area contributed by atoms with E-state index in [9.17, 15) is 5.11 Å². The summed E-state index contributed by atoms with van der Waals surface area (Å²) in [5.74, 6) is 2.16. The lowest BCUT2D eigenvalue weighted by Crippen LogP contribution is -2.49. The molecule has 0 spiro atoms. The van der Waals surface area contributed by atoms with Gasteiger partial charge in [-0.3, -0.25) is 4.99 Å². The first-order chi connectivity index (χ1) is 12.7. The van der Waals surface area contributed by atoms with Crippen LogP contribution in [-0.4, -0.2) is 74.6 Å². The number of ether oxygens (including phenoxy) is 1. The van der Waals surface area contributed by atoms with Gasteiger partial charge in [0.05, 0.1) is 6.61 Å². The molecule has 0 aromatic carbocycles. The maximum atomic E-state index is 9.23. The minimum Gasteiger partial charge on any atom is -0.396 e. The van der Waals surface area contributed by atoms with Crippen molar-refractivity contribution in [2.24, 2.45) is 16.8 Å². The van der Waals surface area contributed by atoms with E-state index in [0.717, 1.165) is 70.5 Å². The molecule has 2 saturated heterocycles. The van der Waals surface area contributed by atoms with Crippen molar-refractivity contribution in [1.29, 1.82) is 0 Å². The Hall–Kier alpha value is -0.850. The normalized spacial score (nSPS) is 24.0. The highest BCUT2D eigenvalue weighted by Gasteiger charge is 2.24. The minimum atomic E-state index is 0.259. The standard InChI is InChI=1S/C20H40N4O2/c1-3-5-17(8-12-25)14-22-20(21-4-2)23-19-6-10-24(11-7-19)15-18-9-13-26-16-18/h17-19,25H,3-16H2,1-2H3,(H2,21,22,23). The molecule has 2 unspecified atom stereocenters. The lowest BCUT2D eigenvalue weighted by atomic mass is 10.0. The summed E-state index contributed by atoms with van der Waals surface area (Å²) >= 11 is 0. The molecule has 2 aliphatic rings. The van der Waals surface area contributed by atoms with Gasteiger partial charge in [-0.05, 0) is 50.9 Å². The number of rotatable bonds is 10. The first-order valence-electron chi connectivity index (χ1n) is 10.7. The van der Waals surface area contributed by atoms with Crippen LogP contribution in [0, 0.1) is 11.8 Å². The Morgan fingerprint density at radius 1 is 1.23 bits per heavy atom. The highest BCUT2D eigenvalue weighted by Crippen LogP contribution is 2.18.